The van der Waals surface area contributed by atoms with Gasteiger partial charge in [-0.3, -0.25) is 14.4 Å². The van der Waals surface area contributed by atoms with Crippen molar-refractivity contribution in [2.24, 2.45) is 18.7 Å². The third-order valence-electron chi connectivity index (χ3n) is 3.55. The van der Waals surface area contributed by atoms with Crippen LogP contribution in [0.2, 0.25) is 0 Å². The van der Waals surface area contributed by atoms with Gasteiger partial charge in [0.1, 0.15) is 0 Å². The molecule has 5 nitrogen and oxygen atoms in total. The fourth-order valence-corrected chi connectivity index (χ4v) is 3.15. The Balaban J connectivity index is 2.07. The van der Waals surface area contributed by atoms with Crippen LogP contribution in [0.3, 0.4) is 0 Å². The molecule has 0 bridgehead atoms. The topological polar surface area (TPSA) is 64.2 Å². The maximum absolute atomic E-state index is 11.2. The standard InChI is InChI=1S/C12H19BrN4O/c1-3-9-11(13)10(16(2)15-9)7-17-5-4-8(6-17)12(14)18/h8H,3-7H2,1-2H3,(H2,14,18). The zero-order valence-corrected chi connectivity index (χ0v) is 12.4. The van der Waals surface area contributed by atoms with Crippen LogP contribution in [-0.4, -0.2) is 33.7 Å². The zero-order chi connectivity index (χ0) is 13.3. The summed E-state index contributed by atoms with van der Waals surface area (Å²) in [6.07, 6.45) is 1.78. The molecule has 1 aromatic rings. The fourth-order valence-electron chi connectivity index (χ4n) is 2.41. The number of hydrogen-bond donors (Lipinski definition) is 1. The number of amides is 1. The number of likely N-dealkylation sites (tertiary alicyclic amines) is 1. The number of rotatable bonds is 4. The maximum atomic E-state index is 11.2. The molecule has 1 saturated heterocycles. The first-order valence-corrected chi connectivity index (χ1v) is 7.04. The minimum absolute atomic E-state index is 0.00245. The van der Waals surface area contributed by atoms with Crippen LogP contribution in [-0.2, 0) is 24.8 Å². The van der Waals surface area contributed by atoms with E-state index in [9.17, 15) is 4.79 Å². The van der Waals surface area contributed by atoms with Crippen molar-refractivity contribution < 1.29 is 4.79 Å². The Bertz CT molecular complexity index is 457. The predicted molar refractivity (Wildman–Crippen MR) is 72.9 cm³/mol. The van der Waals surface area contributed by atoms with E-state index < -0.39 is 0 Å². The van der Waals surface area contributed by atoms with Crippen LogP contribution in [0.25, 0.3) is 0 Å². The predicted octanol–water partition coefficient (Wildman–Crippen LogP) is 1.05. The molecule has 1 atom stereocenters. The fraction of sp³-hybridized carbons (Fsp3) is 0.667. The number of aryl methyl sites for hydroxylation is 2. The molecule has 1 aliphatic heterocycles. The van der Waals surface area contributed by atoms with Crippen LogP contribution in [0, 0.1) is 5.92 Å². The second kappa shape index (κ2) is 5.40. The van der Waals surface area contributed by atoms with Gasteiger partial charge in [-0.2, -0.15) is 5.10 Å². The molecule has 1 aromatic heterocycles. The lowest BCUT2D eigenvalue weighted by atomic mass is 10.1. The van der Waals surface area contributed by atoms with E-state index >= 15 is 0 Å². The molecule has 2 N–H and O–H groups in total. The summed E-state index contributed by atoms with van der Waals surface area (Å²) >= 11 is 3.61. The number of aromatic nitrogens is 2. The quantitative estimate of drug-likeness (QED) is 0.903. The van der Waals surface area contributed by atoms with Crippen molar-refractivity contribution in [1.29, 1.82) is 0 Å². The van der Waals surface area contributed by atoms with E-state index in [1.807, 2.05) is 11.7 Å². The molecule has 6 heteroatoms. The minimum atomic E-state index is -0.184. The van der Waals surface area contributed by atoms with Crippen LogP contribution in [0.4, 0.5) is 0 Å². The first-order chi connectivity index (χ1) is 8.52. The first kappa shape index (κ1) is 13.5. The van der Waals surface area contributed by atoms with Gasteiger partial charge in [0.05, 0.1) is 21.8 Å². The molecule has 18 heavy (non-hydrogen) atoms. The highest BCUT2D eigenvalue weighted by Crippen LogP contribution is 2.25. The third kappa shape index (κ3) is 2.59. The zero-order valence-electron chi connectivity index (χ0n) is 10.8. The highest BCUT2D eigenvalue weighted by Gasteiger charge is 2.27. The van der Waals surface area contributed by atoms with Crippen LogP contribution in [0.1, 0.15) is 24.7 Å². The van der Waals surface area contributed by atoms with E-state index in [0.29, 0.717) is 0 Å². The van der Waals surface area contributed by atoms with Gasteiger partial charge in [0.15, 0.2) is 0 Å². The van der Waals surface area contributed by atoms with E-state index in [0.717, 1.165) is 48.3 Å². The van der Waals surface area contributed by atoms with Gasteiger partial charge in [-0.05, 0) is 35.3 Å². The molecule has 0 aliphatic carbocycles. The van der Waals surface area contributed by atoms with Crippen molar-refractivity contribution >= 4 is 21.8 Å². The van der Waals surface area contributed by atoms with Gasteiger partial charge in [0.25, 0.3) is 0 Å². The SMILES string of the molecule is CCc1nn(C)c(CN2CCC(C(N)=O)C2)c1Br. The van der Waals surface area contributed by atoms with Crippen molar-refractivity contribution in [1.82, 2.24) is 14.7 Å². The van der Waals surface area contributed by atoms with Crippen molar-refractivity contribution in [3.8, 4) is 0 Å². The Morgan fingerprint density at radius 3 is 2.83 bits per heavy atom. The van der Waals surface area contributed by atoms with Crippen LogP contribution in [0.15, 0.2) is 4.47 Å². The third-order valence-corrected chi connectivity index (χ3v) is 4.47. The summed E-state index contributed by atoms with van der Waals surface area (Å²) in [4.78, 5) is 13.4. The molecule has 2 heterocycles. The van der Waals surface area contributed by atoms with Crippen molar-refractivity contribution in [2.75, 3.05) is 13.1 Å². The minimum Gasteiger partial charge on any atom is -0.369 e. The van der Waals surface area contributed by atoms with Crippen LogP contribution in [0.5, 0.6) is 0 Å². The molecule has 1 unspecified atom stereocenters. The second-order valence-corrected chi connectivity index (χ2v) is 5.60. The van der Waals surface area contributed by atoms with Gasteiger partial charge in [-0.1, -0.05) is 6.92 Å². The van der Waals surface area contributed by atoms with E-state index in [1.165, 1.54) is 0 Å². The number of halogens is 1. The van der Waals surface area contributed by atoms with Crippen LogP contribution < -0.4 is 5.73 Å². The average molecular weight is 315 g/mol. The summed E-state index contributed by atoms with van der Waals surface area (Å²) in [5, 5.41) is 4.48. The number of carbonyl (C=O) groups is 1. The van der Waals surface area contributed by atoms with E-state index in [2.05, 4.69) is 32.9 Å². The number of nitrogens with zero attached hydrogens (tertiary/aromatic N) is 3. The Kier molecular flexibility index (Phi) is 4.07. The molecule has 1 amide bonds. The number of carbonyl (C=O) groups excluding carboxylic acids is 1. The monoisotopic (exact) mass is 314 g/mol. The Morgan fingerprint density at radius 2 is 2.33 bits per heavy atom. The molecular weight excluding hydrogens is 296 g/mol. The molecule has 1 fully saturated rings. The first-order valence-electron chi connectivity index (χ1n) is 6.24. The lowest BCUT2D eigenvalue weighted by Crippen LogP contribution is -2.27. The summed E-state index contributed by atoms with van der Waals surface area (Å²) in [6.45, 7) is 4.59. The summed E-state index contributed by atoms with van der Waals surface area (Å²) < 4.78 is 3.01. The molecule has 0 aromatic carbocycles. The molecule has 2 rings (SSSR count). The van der Waals surface area contributed by atoms with Gasteiger partial charge < -0.3 is 5.73 Å². The largest absolute Gasteiger partial charge is 0.369 e. The average Bonchev–Trinajstić information content (AvgIpc) is 2.89. The maximum Gasteiger partial charge on any atom is 0.221 e. The smallest absolute Gasteiger partial charge is 0.221 e. The number of hydrogen-bond acceptors (Lipinski definition) is 3. The summed E-state index contributed by atoms with van der Waals surface area (Å²) in [5.41, 5.74) is 7.59. The molecule has 1 aliphatic rings. The van der Waals surface area contributed by atoms with Gasteiger partial charge in [-0.15, -0.1) is 0 Å². The normalized spacial score (nSPS) is 20.5. The van der Waals surface area contributed by atoms with Gasteiger partial charge in [0.2, 0.25) is 5.91 Å². The lowest BCUT2D eigenvalue weighted by Gasteiger charge is -2.15. The Morgan fingerprint density at radius 1 is 1.61 bits per heavy atom. The Hall–Kier alpha value is -0.880. The number of nitrogens with two attached hydrogens (primary N) is 1. The van der Waals surface area contributed by atoms with E-state index in [-0.39, 0.29) is 11.8 Å². The van der Waals surface area contributed by atoms with Crippen molar-refractivity contribution in [3.05, 3.63) is 15.9 Å². The van der Waals surface area contributed by atoms with Crippen molar-refractivity contribution in [3.63, 3.8) is 0 Å². The van der Waals surface area contributed by atoms with Gasteiger partial charge in [-0.25, -0.2) is 0 Å². The summed E-state index contributed by atoms with van der Waals surface area (Å²) in [6, 6.07) is 0. The molecule has 0 saturated carbocycles. The van der Waals surface area contributed by atoms with Gasteiger partial charge in [0, 0.05) is 20.1 Å². The molecular formula is C12H19BrN4O. The Labute approximate surface area is 115 Å². The van der Waals surface area contributed by atoms with E-state index in [4.69, 9.17) is 5.73 Å². The second-order valence-electron chi connectivity index (χ2n) is 4.81. The number of primary amides is 1. The summed E-state index contributed by atoms with van der Waals surface area (Å²) in [5.74, 6) is -0.182. The highest BCUT2D eigenvalue weighted by atomic mass is 79.9. The summed E-state index contributed by atoms with van der Waals surface area (Å²) in [7, 11) is 1.96. The highest BCUT2D eigenvalue weighted by molar-refractivity contribution is 9.10. The molecule has 0 radical (unpaired) electrons. The van der Waals surface area contributed by atoms with E-state index in [1.54, 1.807) is 0 Å². The van der Waals surface area contributed by atoms with Crippen molar-refractivity contribution in [2.45, 2.75) is 26.3 Å². The van der Waals surface area contributed by atoms with Gasteiger partial charge >= 0.3 is 0 Å². The lowest BCUT2D eigenvalue weighted by molar-refractivity contribution is -0.121. The molecule has 100 valence electrons. The van der Waals surface area contributed by atoms with Crippen LogP contribution >= 0.6 is 15.9 Å². The molecule has 0 spiro atoms.